The highest BCUT2D eigenvalue weighted by Gasteiger charge is 2.32. The van der Waals surface area contributed by atoms with Crippen LogP contribution in [-0.2, 0) is 29.7 Å². The van der Waals surface area contributed by atoms with Crippen LogP contribution in [0.5, 0.6) is 5.75 Å². The van der Waals surface area contributed by atoms with Gasteiger partial charge in [0.25, 0.3) is 9.05 Å². The van der Waals surface area contributed by atoms with E-state index in [-0.39, 0.29) is 17.4 Å². The molecule has 0 radical (unpaired) electrons. The fraction of sp³-hybridized carbons (Fsp3) is 0.462. The summed E-state index contributed by atoms with van der Waals surface area (Å²) in [6.07, 6.45) is -0.921. The summed E-state index contributed by atoms with van der Waals surface area (Å²) in [5, 5.41) is 0. The normalized spacial score (nSPS) is 18.7. The molecule has 2 atom stereocenters. The second kappa shape index (κ2) is 6.21. The lowest BCUT2D eigenvalue weighted by atomic mass is 10.1. The van der Waals surface area contributed by atoms with E-state index in [0.717, 1.165) is 0 Å². The molecule has 0 spiro atoms. The number of hydrogen-bond acceptors (Lipinski definition) is 6. The van der Waals surface area contributed by atoms with Gasteiger partial charge in [0.05, 0.1) is 11.5 Å². The molecule has 0 aliphatic carbocycles. The fourth-order valence-electron chi connectivity index (χ4n) is 2.05. The minimum absolute atomic E-state index is 0.0201. The first kappa shape index (κ1) is 16.1. The van der Waals surface area contributed by atoms with E-state index in [1.807, 2.05) is 0 Å². The Balaban J connectivity index is 2.07. The van der Waals surface area contributed by atoms with E-state index >= 15 is 0 Å². The molecule has 0 bridgehead atoms. The third-order valence-corrected chi connectivity index (χ3v) is 4.32. The average Bonchev–Trinajstić information content (AvgIpc) is 2.80. The van der Waals surface area contributed by atoms with Gasteiger partial charge in [-0.25, -0.2) is 13.2 Å². The summed E-state index contributed by atoms with van der Waals surface area (Å²) in [4.78, 5) is 11.9. The van der Waals surface area contributed by atoms with Crippen LogP contribution in [0, 0.1) is 0 Å². The standard InChI is InChI=1S/C13H15ClO6S/c1-8(7-18-2)19-13(15)12-6-9-5-10(21(14,16)17)3-4-11(9)20-12/h3-5,8,12H,6-7H2,1-2H3. The summed E-state index contributed by atoms with van der Waals surface area (Å²) in [5.41, 5.74) is 0.609. The van der Waals surface area contributed by atoms with Gasteiger partial charge >= 0.3 is 5.97 Å². The monoisotopic (exact) mass is 334 g/mol. The van der Waals surface area contributed by atoms with Gasteiger partial charge in [0.15, 0.2) is 6.10 Å². The Morgan fingerprint density at radius 3 is 2.86 bits per heavy atom. The SMILES string of the molecule is COCC(C)OC(=O)C1Cc2cc(S(=O)(=O)Cl)ccc2O1. The van der Waals surface area contributed by atoms with Gasteiger partial charge in [-0.05, 0) is 30.7 Å². The Labute approximate surface area is 127 Å². The third-order valence-electron chi connectivity index (χ3n) is 2.97. The van der Waals surface area contributed by atoms with Crippen LogP contribution in [0.4, 0.5) is 0 Å². The molecular weight excluding hydrogens is 320 g/mol. The van der Waals surface area contributed by atoms with Crippen molar-refractivity contribution in [2.75, 3.05) is 13.7 Å². The number of methoxy groups -OCH3 is 1. The molecule has 0 aromatic heterocycles. The van der Waals surface area contributed by atoms with Crippen LogP contribution >= 0.6 is 10.7 Å². The van der Waals surface area contributed by atoms with Crippen molar-refractivity contribution in [1.29, 1.82) is 0 Å². The van der Waals surface area contributed by atoms with E-state index in [1.54, 1.807) is 6.92 Å². The first-order valence-electron chi connectivity index (χ1n) is 6.25. The molecule has 1 aromatic carbocycles. The molecule has 0 saturated heterocycles. The predicted molar refractivity (Wildman–Crippen MR) is 75.0 cm³/mol. The molecule has 0 fully saturated rings. The lowest BCUT2D eigenvalue weighted by Crippen LogP contribution is -2.31. The molecule has 21 heavy (non-hydrogen) atoms. The minimum atomic E-state index is -3.80. The Kier molecular flexibility index (Phi) is 4.75. The molecule has 0 N–H and O–H groups in total. The molecule has 1 aliphatic heterocycles. The largest absolute Gasteiger partial charge is 0.478 e. The topological polar surface area (TPSA) is 78.9 Å². The number of fused-ring (bicyclic) bond motifs is 1. The minimum Gasteiger partial charge on any atom is -0.478 e. The smallest absolute Gasteiger partial charge is 0.348 e. The van der Waals surface area contributed by atoms with Crippen LogP contribution < -0.4 is 4.74 Å². The Morgan fingerprint density at radius 1 is 1.52 bits per heavy atom. The number of hydrogen-bond donors (Lipinski definition) is 0. The van der Waals surface area contributed by atoms with Crippen LogP contribution in [-0.4, -0.2) is 40.3 Å². The van der Waals surface area contributed by atoms with Crippen molar-refractivity contribution < 1.29 is 27.4 Å². The van der Waals surface area contributed by atoms with Crippen molar-refractivity contribution in [3.05, 3.63) is 23.8 Å². The second-order valence-electron chi connectivity index (χ2n) is 4.72. The molecular formula is C13H15ClO6S. The zero-order chi connectivity index (χ0) is 15.6. The summed E-state index contributed by atoms with van der Waals surface area (Å²) >= 11 is 0. The van der Waals surface area contributed by atoms with E-state index < -0.39 is 21.1 Å². The number of halogens is 1. The first-order valence-corrected chi connectivity index (χ1v) is 8.56. The highest BCUT2D eigenvalue weighted by atomic mass is 35.7. The molecule has 0 saturated carbocycles. The maximum absolute atomic E-state index is 11.9. The zero-order valence-corrected chi connectivity index (χ0v) is 13.1. The number of benzene rings is 1. The summed E-state index contributed by atoms with van der Waals surface area (Å²) in [6, 6.07) is 4.22. The van der Waals surface area contributed by atoms with Gasteiger partial charge in [0, 0.05) is 24.2 Å². The third kappa shape index (κ3) is 3.87. The Bertz CT molecular complexity index is 642. The van der Waals surface area contributed by atoms with Gasteiger partial charge in [-0.2, -0.15) is 0 Å². The van der Waals surface area contributed by atoms with Crippen molar-refractivity contribution in [2.24, 2.45) is 0 Å². The van der Waals surface area contributed by atoms with Crippen LogP contribution in [0.2, 0.25) is 0 Å². The highest BCUT2D eigenvalue weighted by molar-refractivity contribution is 8.13. The maximum atomic E-state index is 11.9. The van der Waals surface area contributed by atoms with Gasteiger partial charge in [-0.1, -0.05) is 0 Å². The molecule has 2 unspecified atom stereocenters. The maximum Gasteiger partial charge on any atom is 0.348 e. The average molecular weight is 335 g/mol. The molecule has 6 nitrogen and oxygen atoms in total. The van der Waals surface area contributed by atoms with Crippen LogP contribution in [0.25, 0.3) is 0 Å². The molecule has 1 heterocycles. The summed E-state index contributed by atoms with van der Waals surface area (Å²) in [6.45, 7) is 2.00. The van der Waals surface area contributed by atoms with Crippen LogP contribution in [0.1, 0.15) is 12.5 Å². The summed E-state index contributed by atoms with van der Waals surface area (Å²) in [5.74, 6) is -0.0496. The molecule has 2 rings (SSSR count). The molecule has 8 heteroatoms. The summed E-state index contributed by atoms with van der Waals surface area (Å²) in [7, 11) is 3.00. The van der Waals surface area contributed by atoms with Gasteiger partial charge in [-0.15, -0.1) is 0 Å². The number of esters is 1. The molecule has 1 aliphatic rings. The summed E-state index contributed by atoms with van der Waals surface area (Å²) < 4.78 is 38.1. The highest BCUT2D eigenvalue weighted by Crippen LogP contribution is 2.32. The number of carbonyl (C=O) groups is 1. The zero-order valence-electron chi connectivity index (χ0n) is 11.5. The number of rotatable bonds is 5. The van der Waals surface area contributed by atoms with Crippen molar-refractivity contribution in [3.8, 4) is 5.75 Å². The van der Waals surface area contributed by atoms with Gasteiger partial charge in [0.2, 0.25) is 0 Å². The molecule has 116 valence electrons. The van der Waals surface area contributed by atoms with Crippen LogP contribution in [0.15, 0.2) is 23.1 Å². The van der Waals surface area contributed by atoms with E-state index in [1.165, 1.54) is 25.3 Å². The van der Waals surface area contributed by atoms with Gasteiger partial charge in [-0.3, -0.25) is 0 Å². The van der Waals surface area contributed by atoms with E-state index in [2.05, 4.69) is 0 Å². The molecule has 0 amide bonds. The first-order chi connectivity index (χ1) is 9.81. The van der Waals surface area contributed by atoms with Crippen molar-refractivity contribution in [2.45, 2.75) is 30.4 Å². The second-order valence-corrected chi connectivity index (χ2v) is 7.29. The Hall–Kier alpha value is -1.31. The Morgan fingerprint density at radius 2 is 2.24 bits per heavy atom. The van der Waals surface area contributed by atoms with Crippen molar-refractivity contribution in [1.82, 2.24) is 0 Å². The lowest BCUT2D eigenvalue weighted by molar-refractivity contribution is -0.158. The van der Waals surface area contributed by atoms with Crippen molar-refractivity contribution >= 4 is 25.7 Å². The fourth-order valence-corrected chi connectivity index (χ4v) is 2.85. The van der Waals surface area contributed by atoms with E-state index in [4.69, 9.17) is 24.9 Å². The predicted octanol–water partition coefficient (Wildman–Crippen LogP) is 1.50. The van der Waals surface area contributed by atoms with Gasteiger partial charge in [0.1, 0.15) is 11.9 Å². The van der Waals surface area contributed by atoms with E-state index in [0.29, 0.717) is 17.9 Å². The van der Waals surface area contributed by atoms with Gasteiger partial charge < -0.3 is 14.2 Å². The number of ether oxygens (including phenoxy) is 3. The van der Waals surface area contributed by atoms with E-state index in [9.17, 15) is 13.2 Å². The quantitative estimate of drug-likeness (QED) is 0.599. The number of carbonyl (C=O) groups excluding carboxylic acids is 1. The van der Waals surface area contributed by atoms with Crippen molar-refractivity contribution in [3.63, 3.8) is 0 Å². The lowest BCUT2D eigenvalue weighted by Gasteiger charge is -2.15. The van der Waals surface area contributed by atoms with Crippen LogP contribution in [0.3, 0.4) is 0 Å². The molecule has 1 aromatic rings.